The van der Waals surface area contributed by atoms with Crippen LogP contribution in [0, 0.1) is 6.92 Å². The summed E-state index contributed by atoms with van der Waals surface area (Å²) < 4.78 is 19.5. The zero-order chi connectivity index (χ0) is 29.0. The minimum atomic E-state index is -0.722. The van der Waals surface area contributed by atoms with E-state index in [0.717, 1.165) is 27.8 Å². The summed E-state index contributed by atoms with van der Waals surface area (Å²) >= 11 is 0. The molecule has 0 bridgehead atoms. The standard InChI is InChI=1S/C30H37N5O5/c1-18-11-19(21-15-34(16-21)27(36)39-29(2,3)4)12-24-25(18)38-17-23-22(20-13-32-33(8)14-20)9-10-31-26(23)35(24)28(37)40-30(5,6)7/h9-14,21H,15-17H2,1-8H3. The van der Waals surface area contributed by atoms with Crippen LogP contribution in [0.25, 0.3) is 11.1 Å². The number of amides is 2. The van der Waals surface area contributed by atoms with Crippen molar-refractivity contribution >= 4 is 23.7 Å². The third kappa shape index (κ3) is 5.48. The topological polar surface area (TPSA) is 99.0 Å². The van der Waals surface area contributed by atoms with E-state index in [1.165, 1.54) is 4.90 Å². The number of hydrogen-bond donors (Lipinski definition) is 0. The minimum absolute atomic E-state index is 0.0921. The lowest BCUT2D eigenvalue weighted by Crippen LogP contribution is -2.50. The second kappa shape index (κ2) is 9.83. The van der Waals surface area contributed by atoms with E-state index in [0.29, 0.717) is 30.3 Å². The summed E-state index contributed by atoms with van der Waals surface area (Å²) in [5.41, 5.74) is 3.71. The molecule has 10 nitrogen and oxygen atoms in total. The third-order valence-corrected chi connectivity index (χ3v) is 6.72. The molecule has 1 aromatic carbocycles. The van der Waals surface area contributed by atoms with E-state index in [4.69, 9.17) is 14.2 Å². The number of pyridine rings is 1. The van der Waals surface area contributed by atoms with Crippen molar-refractivity contribution in [1.82, 2.24) is 19.7 Å². The number of ether oxygens (including phenoxy) is 3. The van der Waals surface area contributed by atoms with Gasteiger partial charge < -0.3 is 19.1 Å². The smallest absolute Gasteiger partial charge is 0.420 e. The molecule has 3 aromatic rings. The van der Waals surface area contributed by atoms with Gasteiger partial charge in [-0.15, -0.1) is 0 Å². The Labute approximate surface area is 234 Å². The van der Waals surface area contributed by atoms with Crippen LogP contribution in [0.1, 0.15) is 64.2 Å². The van der Waals surface area contributed by atoms with Crippen molar-refractivity contribution in [2.24, 2.45) is 7.05 Å². The van der Waals surface area contributed by atoms with Crippen molar-refractivity contribution < 1.29 is 23.8 Å². The van der Waals surface area contributed by atoms with E-state index in [9.17, 15) is 9.59 Å². The van der Waals surface area contributed by atoms with Crippen molar-refractivity contribution in [3.63, 3.8) is 0 Å². The van der Waals surface area contributed by atoms with Gasteiger partial charge in [-0.2, -0.15) is 5.10 Å². The molecule has 1 fully saturated rings. The Bertz CT molecular complexity index is 1460. The molecule has 212 valence electrons. The normalized spacial score (nSPS) is 15.4. The SMILES string of the molecule is Cc1cc(C2CN(C(=O)OC(C)(C)C)C2)cc2c1OCc1c(-c3cnn(C)c3)ccnc1N2C(=O)OC(C)(C)C. The molecule has 0 unspecified atom stereocenters. The lowest BCUT2D eigenvalue weighted by molar-refractivity contribution is 0.00818. The fraction of sp³-hybridized carbons (Fsp3) is 0.467. The number of carbonyl (C=O) groups is 2. The average Bonchev–Trinajstić information content (AvgIpc) is 3.13. The Hall–Kier alpha value is -4.08. The fourth-order valence-electron chi connectivity index (χ4n) is 4.94. The second-order valence-electron chi connectivity index (χ2n) is 12.4. The van der Waals surface area contributed by atoms with Crippen LogP contribution in [0.5, 0.6) is 5.75 Å². The quantitative estimate of drug-likeness (QED) is 0.383. The number of fused-ring (bicyclic) bond motifs is 2. The first-order chi connectivity index (χ1) is 18.7. The van der Waals surface area contributed by atoms with Gasteiger partial charge in [0.1, 0.15) is 29.4 Å². The highest BCUT2D eigenvalue weighted by Gasteiger charge is 2.38. The number of benzene rings is 1. The van der Waals surface area contributed by atoms with E-state index >= 15 is 0 Å². The largest absolute Gasteiger partial charge is 0.486 e. The summed E-state index contributed by atoms with van der Waals surface area (Å²) in [6, 6.07) is 5.92. The summed E-state index contributed by atoms with van der Waals surface area (Å²) in [6.07, 6.45) is 4.51. The van der Waals surface area contributed by atoms with Gasteiger partial charge in [-0.3, -0.25) is 4.68 Å². The van der Waals surface area contributed by atoms with Gasteiger partial charge in [-0.25, -0.2) is 19.5 Å². The summed E-state index contributed by atoms with van der Waals surface area (Å²) in [5.74, 6) is 1.14. The zero-order valence-corrected chi connectivity index (χ0v) is 24.4. The van der Waals surface area contributed by atoms with E-state index < -0.39 is 17.3 Å². The Balaban J connectivity index is 1.56. The molecule has 0 atom stereocenters. The first kappa shape index (κ1) is 27.5. The van der Waals surface area contributed by atoms with Gasteiger partial charge in [-0.05, 0) is 77.3 Å². The monoisotopic (exact) mass is 547 g/mol. The summed E-state index contributed by atoms with van der Waals surface area (Å²) in [7, 11) is 1.86. The van der Waals surface area contributed by atoms with Crippen molar-refractivity contribution in [3.8, 4) is 16.9 Å². The molecule has 10 heteroatoms. The molecular weight excluding hydrogens is 510 g/mol. The summed E-state index contributed by atoms with van der Waals surface area (Å²) in [5, 5.41) is 4.32. The van der Waals surface area contributed by atoms with Gasteiger partial charge in [0.05, 0.1) is 11.9 Å². The highest BCUT2D eigenvalue weighted by atomic mass is 16.6. The highest BCUT2D eigenvalue weighted by molar-refractivity contribution is 5.99. The fourth-order valence-corrected chi connectivity index (χ4v) is 4.94. The van der Waals surface area contributed by atoms with Crippen LogP contribution in [0.15, 0.2) is 36.8 Å². The van der Waals surface area contributed by atoms with Crippen molar-refractivity contribution in [2.45, 2.75) is 72.2 Å². The van der Waals surface area contributed by atoms with Crippen molar-refractivity contribution in [3.05, 3.63) is 53.5 Å². The van der Waals surface area contributed by atoms with Crippen LogP contribution >= 0.6 is 0 Å². The predicted octanol–water partition coefficient (Wildman–Crippen LogP) is 6.09. The molecule has 0 radical (unpaired) electrons. The Kier molecular flexibility index (Phi) is 6.76. The number of anilines is 2. The Morgan fingerprint density at radius 2 is 1.70 bits per heavy atom. The molecule has 2 amide bonds. The molecule has 2 aliphatic rings. The summed E-state index contributed by atoms with van der Waals surface area (Å²) in [6.45, 7) is 14.3. The van der Waals surface area contributed by atoms with Gasteiger partial charge in [0, 0.05) is 49.6 Å². The number of likely N-dealkylation sites (tertiary alicyclic amines) is 1. The third-order valence-electron chi connectivity index (χ3n) is 6.72. The minimum Gasteiger partial charge on any atom is -0.486 e. The second-order valence-corrected chi connectivity index (χ2v) is 12.4. The zero-order valence-electron chi connectivity index (χ0n) is 24.4. The van der Waals surface area contributed by atoms with Gasteiger partial charge in [0.15, 0.2) is 0 Å². The average molecular weight is 548 g/mol. The maximum absolute atomic E-state index is 13.8. The number of rotatable bonds is 2. The van der Waals surface area contributed by atoms with Crippen LogP contribution < -0.4 is 9.64 Å². The van der Waals surface area contributed by atoms with E-state index in [1.54, 1.807) is 22.0 Å². The number of aryl methyl sites for hydroxylation is 2. The number of aromatic nitrogens is 3. The molecule has 0 aliphatic carbocycles. The molecule has 5 rings (SSSR count). The van der Waals surface area contributed by atoms with E-state index in [2.05, 4.69) is 16.1 Å². The number of hydrogen-bond acceptors (Lipinski definition) is 7. The molecule has 0 saturated carbocycles. The van der Waals surface area contributed by atoms with Gasteiger partial charge >= 0.3 is 12.2 Å². The lowest BCUT2D eigenvalue weighted by Gasteiger charge is -2.40. The van der Waals surface area contributed by atoms with Crippen LogP contribution in [0.2, 0.25) is 0 Å². The van der Waals surface area contributed by atoms with E-state index in [-0.39, 0.29) is 18.6 Å². The first-order valence-corrected chi connectivity index (χ1v) is 13.5. The van der Waals surface area contributed by atoms with Gasteiger partial charge in [0.2, 0.25) is 0 Å². The molecule has 0 N–H and O–H groups in total. The van der Waals surface area contributed by atoms with Gasteiger partial charge in [0.25, 0.3) is 0 Å². The lowest BCUT2D eigenvalue weighted by atomic mass is 9.90. The molecule has 0 spiro atoms. The number of nitrogens with zero attached hydrogens (tertiary/aromatic N) is 5. The van der Waals surface area contributed by atoms with Crippen molar-refractivity contribution in [2.75, 3.05) is 18.0 Å². The van der Waals surface area contributed by atoms with Crippen LogP contribution in [0.3, 0.4) is 0 Å². The molecule has 1 saturated heterocycles. The molecule has 2 aliphatic heterocycles. The molecule has 4 heterocycles. The molecular formula is C30H37N5O5. The van der Waals surface area contributed by atoms with Crippen LogP contribution in [0.4, 0.5) is 21.1 Å². The van der Waals surface area contributed by atoms with Crippen LogP contribution in [-0.4, -0.2) is 56.1 Å². The summed E-state index contributed by atoms with van der Waals surface area (Å²) in [4.78, 5) is 34.2. The molecule has 40 heavy (non-hydrogen) atoms. The van der Waals surface area contributed by atoms with Crippen LogP contribution in [-0.2, 0) is 23.1 Å². The first-order valence-electron chi connectivity index (χ1n) is 13.5. The Morgan fingerprint density at radius 1 is 1.02 bits per heavy atom. The highest BCUT2D eigenvalue weighted by Crippen LogP contribution is 2.46. The maximum Gasteiger partial charge on any atom is 0.420 e. The maximum atomic E-state index is 13.8. The Morgan fingerprint density at radius 3 is 2.33 bits per heavy atom. The predicted molar refractivity (Wildman–Crippen MR) is 151 cm³/mol. The van der Waals surface area contributed by atoms with E-state index in [1.807, 2.05) is 73.8 Å². The van der Waals surface area contributed by atoms with Crippen molar-refractivity contribution in [1.29, 1.82) is 0 Å². The number of carbonyl (C=O) groups excluding carboxylic acids is 2. The van der Waals surface area contributed by atoms with Gasteiger partial charge in [-0.1, -0.05) is 6.07 Å². The molecule has 2 aromatic heterocycles.